The summed E-state index contributed by atoms with van der Waals surface area (Å²) in [7, 11) is 0. The average Bonchev–Trinajstić information content (AvgIpc) is 1.84. The third kappa shape index (κ3) is 5.96. The van der Waals surface area contributed by atoms with Crippen molar-refractivity contribution >= 4 is 0 Å². The Morgan fingerprint density at radius 2 is 1.82 bits per heavy atom. The van der Waals surface area contributed by atoms with Crippen LogP contribution in [0.3, 0.4) is 0 Å². The van der Waals surface area contributed by atoms with E-state index >= 15 is 0 Å². The highest BCUT2D eigenvalue weighted by molar-refractivity contribution is 5.01. The first-order valence-electron chi connectivity index (χ1n) is 4.46. The zero-order chi connectivity index (χ0) is 8.91. The Morgan fingerprint density at radius 3 is 2.09 bits per heavy atom. The van der Waals surface area contributed by atoms with E-state index in [1.54, 1.807) is 0 Å². The van der Waals surface area contributed by atoms with Crippen LogP contribution in [0.15, 0.2) is 11.8 Å². The van der Waals surface area contributed by atoms with Gasteiger partial charge in [0, 0.05) is 11.2 Å². The van der Waals surface area contributed by atoms with Gasteiger partial charge in [0.25, 0.3) is 0 Å². The number of rotatable bonds is 3. The molecule has 0 bridgehead atoms. The zero-order valence-electron chi connectivity index (χ0n) is 8.49. The van der Waals surface area contributed by atoms with Gasteiger partial charge in [-0.1, -0.05) is 19.9 Å². The first-order valence-corrected chi connectivity index (χ1v) is 4.46. The van der Waals surface area contributed by atoms with Crippen LogP contribution in [0.1, 0.15) is 47.5 Å². The summed E-state index contributed by atoms with van der Waals surface area (Å²) in [6, 6.07) is 0. The Bertz CT molecular complexity index is 128. The monoisotopic (exact) mass is 155 g/mol. The SMILES string of the molecule is CCC=C(CC)NC(C)(C)C. The van der Waals surface area contributed by atoms with Gasteiger partial charge in [-0.05, 0) is 33.6 Å². The lowest BCUT2D eigenvalue weighted by molar-refractivity contribution is 0.465. The molecule has 0 aromatic carbocycles. The van der Waals surface area contributed by atoms with E-state index in [0.717, 1.165) is 12.8 Å². The van der Waals surface area contributed by atoms with Gasteiger partial charge in [0.1, 0.15) is 0 Å². The van der Waals surface area contributed by atoms with Gasteiger partial charge in [0.15, 0.2) is 0 Å². The molecule has 0 radical (unpaired) electrons. The minimum absolute atomic E-state index is 0.205. The predicted molar refractivity (Wildman–Crippen MR) is 51.6 cm³/mol. The highest BCUT2D eigenvalue weighted by Crippen LogP contribution is 2.06. The molecule has 0 aliphatic carbocycles. The van der Waals surface area contributed by atoms with Crippen LogP contribution in [0.5, 0.6) is 0 Å². The Hall–Kier alpha value is -0.460. The van der Waals surface area contributed by atoms with Gasteiger partial charge in [0.05, 0.1) is 0 Å². The van der Waals surface area contributed by atoms with Crippen LogP contribution >= 0.6 is 0 Å². The largest absolute Gasteiger partial charge is 0.384 e. The van der Waals surface area contributed by atoms with Crippen LogP contribution < -0.4 is 5.32 Å². The fourth-order valence-corrected chi connectivity index (χ4v) is 1.01. The van der Waals surface area contributed by atoms with Gasteiger partial charge in [-0.2, -0.15) is 0 Å². The van der Waals surface area contributed by atoms with Crippen LogP contribution in [0.2, 0.25) is 0 Å². The summed E-state index contributed by atoms with van der Waals surface area (Å²) < 4.78 is 0. The van der Waals surface area contributed by atoms with Gasteiger partial charge in [-0.15, -0.1) is 0 Å². The summed E-state index contributed by atoms with van der Waals surface area (Å²) in [6.07, 6.45) is 4.47. The summed E-state index contributed by atoms with van der Waals surface area (Å²) in [5.74, 6) is 0. The molecule has 0 aliphatic rings. The van der Waals surface area contributed by atoms with Crippen LogP contribution in [0.25, 0.3) is 0 Å². The van der Waals surface area contributed by atoms with Crippen molar-refractivity contribution in [2.24, 2.45) is 0 Å². The fraction of sp³-hybridized carbons (Fsp3) is 0.800. The summed E-state index contributed by atoms with van der Waals surface area (Å²) in [6.45, 7) is 10.9. The highest BCUT2D eigenvalue weighted by atomic mass is 15.0. The molecule has 0 fully saturated rings. The third-order valence-electron chi connectivity index (χ3n) is 1.37. The molecule has 0 heterocycles. The highest BCUT2D eigenvalue weighted by Gasteiger charge is 2.08. The van der Waals surface area contributed by atoms with Crippen molar-refractivity contribution in [1.29, 1.82) is 0 Å². The fourth-order valence-electron chi connectivity index (χ4n) is 1.01. The molecule has 0 saturated carbocycles. The molecule has 1 heteroatoms. The first kappa shape index (κ1) is 10.5. The average molecular weight is 155 g/mol. The lowest BCUT2D eigenvalue weighted by Crippen LogP contribution is -2.34. The number of hydrogen-bond donors (Lipinski definition) is 1. The standard InChI is InChI=1S/C10H21N/c1-6-8-9(7-2)11-10(3,4)5/h8,11H,6-7H2,1-5H3. The Kier molecular flexibility index (Phi) is 4.24. The van der Waals surface area contributed by atoms with E-state index < -0.39 is 0 Å². The van der Waals surface area contributed by atoms with E-state index in [4.69, 9.17) is 0 Å². The van der Waals surface area contributed by atoms with E-state index in [0.29, 0.717) is 0 Å². The lowest BCUT2D eigenvalue weighted by Gasteiger charge is -2.23. The van der Waals surface area contributed by atoms with Crippen molar-refractivity contribution in [3.05, 3.63) is 11.8 Å². The number of allylic oxidation sites excluding steroid dienone is 2. The van der Waals surface area contributed by atoms with E-state index in [-0.39, 0.29) is 5.54 Å². The first-order chi connectivity index (χ1) is 4.99. The Morgan fingerprint density at radius 1 is 1.27 bits per heavy atom. The molecule has 66 valence electrons. The summed E-state index contributed by atoms with van der Waals surface area (Å²) in [5, 5.41) is 3.47. The van der Waals surface area contributed by atoms with E-state index in [1.807, 2.05) is 0 Å². The van der Waals surface area contributed by atoms with Crippen LogP contribution in [0.4, 0.5) is 0 Å². The maximum atomic E-state index is 3.47. The smallest absolute Gasteiger partial charge is 0.0286 e. The van der Waals surface area contributed by atoms with Crippen molar-refractivity contribution in [3.63, 3.8) is 0 Å². The number of hydrogen-bond acceptors (Lipinski definition) is 1. The van der Waals surface area contributed by atoms with E-state index in [9.17, 15) is 0 Å². The maximum absolute atomic E-state index is 3.47. The van der Waals surface area contributed by atoms with Crippen molar-refractivity contribution in [2.75, 3.05) is 0 Å². The van der Waals surface area contributed by atoms with Gasteiger partial charge in [0.2, 0.25) is 0 Å². The topological polar surface area (TPSA) is 12.0 Å². The van der Waals surface area contributed by atoms with Crippen molar-refractivity contribution in [2.45, 2.75) is 53.0 Å². The molecule has 0 aromatic rings. The second-order valence-electron chi connectivity index (χ2n) is 3.87. The molecule has 1 nitrogen and oxygen atoms in total. The second kappa shape index (κ2) is 4.42. The van der Waals surface area contributed by atoms with Crippen LogP contribution in [-0.2, 0) is 0 Å². The molecule has 0 saturated heterocycles. The van der Waals surface area contributed by atoms with Gasteiger partial charge in [-0.3, -0.25) is 0 Å². The van der Waals surface area contributed by atoms with Crippen LogP contribution in [0, 0.1) is 0 Å². The Labute approximate surface area is 70.9 Å². The van der Waals surface area contributed by atoms with Gasteiger partial charge in [-0.25, -0.2) is 0 Å². The molecule has 0 aromatic heterocycles. The summed E-state index contributed by atoms with van der Waals surface area (Å²) in [5.41, 5.74) is 1.57. The van der Waals surface area contributed by atoms with E-state index in [2.05, 4.69) is 46.0 Å². The molecular weight excluding hydrogens is 134 g/mol. The van der Waals surface area contributed by atoms with Crippen molar-refractivity contribution < 1.29 is 0 Å². The van der Waals surface area contributed by atoms with Gasteiger partial charge < -0.3 is 5.32 Å². The predicted octanol–water partition coefficient (Wildman–Crippen LogP) is 3.08. The second-order valence-corrected chi connectivity index (χ2v) is 3.87. The normalized spacial score (nSPS) is 13.4. The maximum Gasteiger partial charge on any atom is 0.0286 e. The molecule has 0 aliphatic heterocycles. The summed E-state index contributed by atoms with van der Waals surface area (Å²) >= 11 is 0. The molecular formula is C10H21N. The molecule has 0 amide bonds. The minimum atomic E-state index is 0.205. The van der Waals surface area contributed by atoms with Crippen LogP contribution in [-0.4, -0.2) is 5.54 Å². The quantitative estimate of drug-likeness (QED) is 0.660. The zero-order valence-corrected chi connectivity index (χ0v) is 8.49. The molecule has 0 atom stereocenters. The van der Waals surface area contributed by atoms with Crippen molar-refractivity contribution in [3.8, 4) is 0 Å². The molecule has 0 unspecified atom stereocenters. The molecule has 0 spiro atoms. The molecule has 0 rings (SSSR count). The molecule has 1 N–H and O–H groups in total. The van der Waals surface area contributed by atoms with E-state index in [1.165, 1.54) is 5.70 Å². The summed E-state index contributed by atoms with van der Waals surface area (Å²) in [4.78, 5) is 0. The number of nitrogens with one attached hydrogen (secondary N) is 1. The minimum Gasteiger partial charge on any atom is -0.384 e. The molecule has 11 heavy (non-hydrogen) atoms. The van der Waals surface area contributed by atoms with Crippen molar-refractivity contribution in [1.82, 2.24) is 5.32 Å². The van der Waals surface area contributed by atoms with Gasteiger partial charge >= 0.3 is 0 Å². The lowest BCUT2D eigenvalue weighted by atomic mass is 10.1. The Balaban J connectivity index is 3.99. The third-order valence-corrected chi connectivity index (χ3v) is 1.37.